The van der Waals surface area contributed by atoms with Gasteiger partial charge in [0.25, 0.3) is 0 Å². The van der Waals surface area contributed by atoms with Gasteiger partial charge in [0.2, 0.25) is 5.91 Å². The Labute approximate surface area is 128 Å². The summed E-state index contributed by atoms with van der Waals surface area (Å²) in [5, 5.41) is 3.04. The Morgan fingerprint density at radius 3 is 2.81 bits per heavy atom. The standard InChI is InChI=1S/C15H18N4OS/c20-15-2-1-13(18-15)9-19(10-14-7-17-11-21-14)8-12-3-5-16-6-4-12/h3-7,11,13H,1-2,8-10H2,(H,18,20)/t13-/m0/s1. The molecular formula is C15H18N4OS. The maximum atomic E-state index is 11.4. The molecule has 1 atom stereocenters. The van der Waals surface area contributed by atoms with Crippen molar-refractivity contribution in [3.05, 3.63) is 46.7 Å². The van der Waals surface area contributed by atoms with Gasteiger partial charge >= 0.3 is 0 Å². The summed E-state index contributed by atoms with van der Waals surface area (Å²) in [4.78, 5) is 23.2. The number of hydrogen-bond acceptors (Lipinski definition) is 5. The maximum absolute atomic E-state index is 11.4. The molecule has 21 heavy (non-hydrogen) atoms. The highest BCUT2D eigenvalue weighted by Crippen LogP contribution is 2.16. The maximum Gasteiger partial charge on any atom is 0.220 e. The van der Waals surface area contributed by atoms with Gasteiger partial charge in [-0.3, -0.25) is 19.7 Å². The lowest BCUT2D eigenvalue weighted by molar-refractivity contribution is -0.119. The molecule has 5 nitrogen and oxygen atoms in total. The van der Waals surface area contributed by atoms with E-state index in [0.717, 1.165) is 26.1 Å². The van der Waals surface area contributed by atoms with E-state index in [0.29, 0.717) is 6.42 Å². The zero-order valence-electron chi connectivity index (χ0n) is 11.7. The van der Waals surface area contributed by atoms with Gasteiger partial charge in [-0.05, 0) is 24.1 Å². The summed E-state index contributed by atoms with van der Waals surface area (Å²) in [5.41, 5.74) is 3.09. The van der Waals surface area contributed by atoms with Gasteiger partial charge in [0.05, 0.1) is 5.51 Å². The molecule has 0 aliphatic carbocycles. The molecule has 0 radical (unpaired) electrons. The molecule has 2 aromatic heterocycles. The number of hydrogen-bond donors (Lipinski definition) is 1. The minimum absolute atomic E-state index is 0.168. The summed E-state index contributed by atoms with van der Waals surface area (Å²) in [6.45, 7) is 2.58. The number of carbonyl (C=O) groups is 1. The highest BCUT2D eigenvalue weighted by molar-refractivity contribution is 7.09. The number of aromatic nitrogens is 2. The zero-order valence-corrected chi connectivity index (χ0v) is 12.6. The minimum atomic E-state index is 0.168. The van der Waals surface area contributed by atoms with Crippen LogP contribution in [0, 0.1) is 0 Å². The fourth-order valence-corrected chi connectivity index (χ4v) is 3.23. The molecule has 1 saturated heterocycles. The van der Waals surface area contributed by atoms with E-state index in [-0.39, 0.29) is 11.9 Å². The molecule has 1 aliphatic heterocycles. The van der Waals surface area contributed by atoms with Crippen LogP contribution in [0.15, 0.2) is 36.2 Å². The Bertz CT molecular complexity index is 573. The molecule has 2 aromatic rings. The molecule has 0 spiro atoms. The van der Waals surface area contributed by atoms with Crippen molar-refractivity contribution < 1.29 is 4.79 Å². The normalized spacial score (nSPS) is 18.1. The van der Waals surface area contributed by atoms with E-state index in [9.17, 15) is 4.79 Å². The first-order valence-electron chi connectivity index (χ1n) is 7.07. The van der Waals surface area contributed by atoms with E-state index in [1.54, 1.807) is 11.3 Å². The van der Waals surface area contributed by atoms with Crippen molar-refractivity contribution in [2.24, 2.45) is 0 Å². The molecule has 6 heteroatoms. The Morgan fingerprint density at radius 1 is 1.29 bits per heavy atom. The summed E-state index contributed by atoms with van der Waals surface area (Å²) in [6.07, 6.45) is 7.12. The fourth-order valence-electron chi connectivity index (χ4n) is 2.60. The van der Waals surface area contributed by atoms with Crippen molar-refractivity contribution in [2.45, 2.75) is 32.0 Å². The number of pyridine rings is 1. The summed E-state index contributed by atoms with van der Waals surface area (Å²) >= 11 is 1.67. The fraction of sp³-hybridized carbons (Fsp3) is 0.400. The number of rotatable bonds is 6. The van der Waals surface area contributed by atoms with Crippen molar-refractivity contribution >= 4 is 17.2 Å². The first kappa shape index (κ1) is 14.2. The molecule has 1 aliphatic rings. The average molecular weight is 302 g/mol. The SMILES string of the molecule is O=C1CC[C@@H](CN(Cc2ccncc2)Cc2cncs2)N1. The third-order valence-electron chi connectivity index (χ3n) is 3.58. The van der Waals surface area contributed by atoms with Crippen LogP contribution in [0.2, 0.25) is 0 Å². The average Bonchev–Trinajstić information content (AvgIpc) is 3.12. The van der Waals surface area contributed by atoms with Gasteiger partial charge in [0.1, 0.15) is 0 Å². The van der Waals surface area contributed by atoms with E-state index in [2.05, 4.69) is 20.2 Å². The Morgan fingerprint density at radius 2 is 2.14 bits per heavy atom. The molecule has 1 fully saturated rings. The monoisotopic (exact) mass is 302 g/mol. The van der Waals surface area contributed by atoms with Crippen molar-refractivity contribution in [3.63, 3.8) is 0 Å². The minimum Gasteiger partial charge on any atom is -0.352 e. The van der Waals surface area contributed by atoms with Crippen molar-refractivity contribution in [1.29, 1.82) is 0 Å². The molecule has 0 saturated carbocycles. The molecule has 3 heterocycles. The first-order chi connectivity index (χ1) is 10.3. The lowest BCUT2D eigenvalue weighted by atomic mass is 10.2. The molecule has 0 unspecified atom stereocenters. The molecule has 110 valence electrons. The third-order valence-corrected chi connectivity index (χ3v) is 4.35. The Kier molecular flexibility index (Phi) is 4.57. The van der Waals surface area contributed by atoms with Gasteiger partial charge < -0.3 is 5.32 Å². The van der Waals surface area contributed by atoms with Crippen molar-refractivity contribution in [2.75, 3.05) is 6.54 Å². The van der Waals surface area contributed by atoms with Crippen LogP contribution in [0.3, 0.4) is 0 Å². The zero-order chi connectivity index (χ0) is 14.5. The number of nitrogens with zero attached hydrogens (tertiary/aromatic N) is 3. The number of thiazole rings is 1. The number of amides is 1. The largest absolute Gasteiger partial charge is 0.352 e. The second kappa shape index (κ2) is 6.78. The summed E-state index contributed by atoms with van der Waals surface area (Å²) in [5.74, 6) is 0.168. The second-order valence-electron chi connectivity index (χ2n) is 5.30. The molecule has 0 aromatic carbocycles. The Hall–Kier alpha value is -1.79. The molecule has 1 amide bonds. The van der Waals surface area contributed by atoms with Gasteiger partial charge in [-0.25, -0.2) is 0 Å². The van der Waals surface area contributed by atoms with Gasteiger partial charge in [0, 0.05) is 55.6 Å². The van der Waals surface area contributed by atoms with Crippen LogP contribution in [0.5, 0.6) is 0 Å². The topological polar surface area (TPSA) is 58.1 Å². The van der Waals surface area contributed by atoms with Gasteiger partial charge in [-0.2, -0.15) is 0 Å². The molecular weight excluding hydrogens is 284 g/mol. The first-order valence-corrected chi connectivity index (χ1v) is 7.95. The van der Waals surface area contributed by atoms with Crippen LogP contribution >= 0.6 is 11.3 Å². The number of nitrogens with one attached hydrogen (secondary N) is 1. The lowest BCUT2D eigenvalue weighted by Gasteiger charge is -2.25. The number of carbonyl (C=O) groups excluding carboxylic acids is 1. The van der Waals surface area contributed by atoms with Gasteiger partial charge in [0.15, 0.2) is 0 Å². The predicted octanol–water partition coefficient (Wildman–Crippen LogP) is 1.82. The molecule has 1 N–H and O–H groups in total. The predicted molar refractivity (Wildman–Crippen MR) is 81.6 cm³/mol. The van der Waals surface area contributed by atoms with E-state index >= 15 is 0 Å². The lowest BCUT2D eigenvalue weighted by Crippen LogP contribution is -2.38. The van der Waals surface area contributed by atoms with Crippen LogP contribution < -0.4 is 5.32 Å². The van der Waals surface area contributed by atoms with E-state index < -0.39 is 0 Å². The molecule has 0 bridgehead atoms. The third kappa shape index (κ3) is 4.09. The molecule has 3 rings (SSSR count). The van der Waals surface area contributed by atoms with E-state index in [1.807, 2.05) is 36.2 Å². The summed E-state index contributed by atoms with van der Waals surface area (Å²) < 4.78 is 0. The smallest absolute Gasteiger partial charge is 0.220 e. The van der Waals surface area contributed by atoms with E-state index in [1.165, 1.54) is 10.4 Å². The Balaban J connectivity index is 1.66. The summed E-state index contributed by atoms with van der Waals surface area (Å²) in [6, 6.07) is 4.33. The second-order valence-corrected chi connectivity index (χ2v) is 6.27. The van der Waals surface area contributed by atoms with Crippen LogP contribution in [0.25, 0.3) is 0 Å². The van der Waals surface area contributed by atoms with Gasteiger partial charge in [-0.1, -0.05) is 0 Å². The van der Waals surface area contributed by atoms with Crippen molar-refractivity contribution in [3.8, 4) is 0 Å². The van der Waals surface area contributed by atoms with Gasteiger partial charge in [-0.15, -0.1) is 11.3 Å². The van der Waals surface area contributed by atoms with Crippen LogP contribution in [-0.2, 0) is 17.9 Å². The quantitative estimate of drug-likeness (QED) is 0.884. The van der Waals surface area contributed by atoms with Crippen LogP contribution in [0.4, 0.5) is 0 Å². The van der Waals surface area contributed by atoms with Crippen LogP contribution in [0.1, 0.15) is 23.3 Å². The summed E-state index contributed by atoms with van der Waals surface area (Å²) in [7, 11) is 0. The van der Waals surface area contributed by atoms with E-state index in [4.69, 9.17) is 0 Å². The highest BCUT2D eigenvalue weighted by atomic mass is 32.1. The van der Waals surface area contributed by atoms with Crippen molar-refractivity contribution in [1.82, 2.24) is 20.2 Å². The van der Waals surface area contributed by atoms with Crippen LogP contribution in [-0.4, -0.2) is 33.4 Å². The highest BCUT2D eigenvalue weighted by Gasteiger charge is 2.23.